The second kappa shape index (κ2) is 10.0. The minimum atomic E-state index is -3.31. The molecule has 0 aliphatic rings. The summed E-state index contributed by atoms with van der Waals surface area (Å²) in [7, 11) is -3.31. The average Bonchev–Trinajstić information content (AvgIpc) is 3.52. The monoisotopic (exact) mass is 594 g/mol. The van der Waals surface area contributed by atoms with Gasteiger partial charge in [0, 0.05) is 26.7 Å². The van der Waals surface area contributed by atoms with Crippen LogP contribution in [0.1, 0.15) is 0 Å². The molecule has 0 aliphatic carbocycles. The number of hydrogen-bond donors (Lipinski definition) is 0. The van der Waals surface area contributed by atoms with Gasteiger partial charge in [0.25, 0.3) is 0 Å². The maximum absolute atomic E-state index is 16.0. The molecule has 4 heteroatoms. The number of fused-ring (bicyclic) bond motifs is 9. The molecule has 0 amide bonds. The molecular formula is C41H27N2OP. The van der Waals surface area contributed by atoms with E-state index in [4.69, 9.17) is 4.98 Å². The Kier molecular flexibility index (Phi) is 5.78. The first kappa shape index (κ1) is 25.9. The summed E-state index contributed by atoms with van der Waals surface area (Å²) in [6.07, 6.45) is 0. The molecule has 0 fully saturated rings. The molecule has 0 bridgehead atoms. The molecule has 7 aromatic carbocycles. The lowest BCUT2D eigenvalue weighted by Gasteiger charge is -2.25. The van der Waals surface area contributed by atoms with Crippen molar-refractivity contribution in [1.29, 1.82) is 0 Å². The summed E-state index contributed by atoms with van der Waals surface area (Å²) >= 11 is 0. The lowest BCUT2D eigenvalue weighted by atomic mass is 9.97. The summed E-state index contributed by atoms with van der Waals surface area (Å²) in [6.45, 7) is 0. The van der Waals surface area contributed by atoms with Gasteiger partial charge < -0.3 is 4.57 Å². The molecule has 0 aliphatic heterocycles. The number of aromatic nitrogens is 2. The van der Waals surface area contributed by atoms with Gasteiger partial charge in [0.1, 0.15) is 5.65 Å². The van der Waals surface area contributed by atoms with Crippen molar-refractivity contribution >= 4 is 72.2 Å². The molecule has 0 unspecified atom stereocenters. The highest BCUT2D eigenvalue weighted by Gasteiger charge is 2.34. The van der Waals surface area contributed by atoms with Gasteiger partial charge in [-0.05, 0) is 51.6 Å². The fourth-order valence-corrected chi connectivity index (χ4v) is 10.1. The van der Waals surface area contributed by atoms with Crippen molar-refractivity contribution in [2.24, 2.45) is 0 Å². The van der Waals surface area contributed by atoms with Crippen molar-refractivity contribution in [1.82, 2.24) is 9.38 Å². The Labute approximate surface area is 260 Å². The highest BCUT2D eigenvalue weighted by atomic mass is 31.2. The third-order valence-corrected chi connectivity index (χ3v) is 12.2. The molecule has 2 aromatic heterocycles. The van der Waals surface area contributed by atoms with E-state index in [0.717, 1.165) is 76.2 Å². The fraction of sp³-hybridized carbons (Fsp3) is 0. The van der Waals surface area contributed by atoms with Crippen LogP contribution < -0.4 is 15.9 Å². The molecule has 45 heavy (non-hydrogen) atoms. The molecule has 0 spiro atoms. The Balaban J connectivity index is 1.42. The normalized spacial score (nSPS) is 12.1. The first-order chi connectivity index (χ1) is 22.2. The number of nitrogens with zero attached hydrogens (tertiary/aromatic N) is 2. The molecular weight excluding hydrogens is 567 g/mol. The van der Waals surface area contributed by atoms with Crippen LogP contribution in [0.4, 0.5) is 0 Å². The third-order valence-electron chi connectivity index (χ3n) is 9.02. The van der Waals surface area contributed by atoms with Crippen LogP contribution in [0.25, 0.3) is 60.3 Å². The molecule has 212 valence electrons. The Morgan fingerprint density at radius 3 is 1.87 bits per heavy atom. The molecule has 0 radical (unpaired) electrons. The second-order valence-corrected chi connectivity index (χ2v) is 14.2. The van der Waals surface area contributed by atoms with Crippen LogP contribution in [-0.4, -0.2) is 9.38 Å². The van der Waals surface area contributed by atoms with E-state index < -0.39 is 7.14 Å². The molecule has 2 heterocycles. The van der Waals surface area contributed by atoms with E-state index >= 15 is 4.57 Å². The Hall–Kier alpha value is -5.50. The fourth-order valence-electron chi connectivity index (χ4n) is 6.99. The number of benzene rings is 7. The predicted molar refractivity (Wildman–Crippen MR) is 190 cm³/mol. The Morgan fingerprint density at radius 1 is 0.489 bits per heavy atom. The van der Waals surface area contributed by atoms with Crippen molar-refractivity contribution in [2.45, 2.75) is 0 Å². The van der Waals surface area contributed by atoms with E-state index in [1.54, 1.807) is 0 Å². The number of hydrogen-bond acceptors (Lipinski definition) is 2. The van der Waals surface area contributed by atoms with Gasteiger partial charge in [-0.2, -0.15) is 0 Å². The largest absolute Gasteiger partial charge is 0.309 e. The van der Waals surface area contributed by atoms with Crippen molar-refractivity contribution in [3.05, 3.63) is 164 Å². The van der Waals surface area contributed by atoms with Gasteiger partial charge in [-0.15, -0.1) is 0 Å². The zero-order chi connectivity index (χ0) is 30.0. The summed E-state index contributed by atoms with van der Waals surface area (Å²) in [5.41, 5.74) is 6.12. The SMILES string of the molecule is O=P(c1ccccc1)(c1ccccc1)c1c(-c2ccc3c(c2)c2ccccc2c2nc4ccccc4n32)ccc2ccccc12. The summed E-state index contributed by atoms with van der Waals surface area (Å²) in [4.78, 5) is 5.05. The van der Waals surface area contributed by atoms with Gasteiger partial charge in [-0.25, -0.2) is 4.98 Å². The highest BCUT2D eigenvalue weighted by Crippen LogP contribution is 2.48. The van der Waals surface area contributed by atoms with Gasteiger partial charge in [-0.1, -0.05) is 140 Å². The Bertz CT molecular complexity index is 2580. The van der Waals surface area contributed by atoms with Crippen molar-refractivity contribution < 1.29 is 4.57 Å². The molecule has 0 saturated carbocycles. The molecule has 0 N–H and O–H groups in total. The Morgan fingerprint density at radius 2 is 1.11 bits per heavy atom. The highest BCUT2D eigenvalue weighted by molar-refractivity contribution is 7.86. The number of pyridine rings is 1. The smallest absolute Gasteiger partial charge is 0.172 e. The quantitative estimate of drug-likeness (QED) is 0.150. The van der Waals surface area contributed by atoms with Gasteiger partial charge in [-0.3, -0.25) is 4.40 Å². The standard InChI is InChI=1S/C41H27N2OP/c44-45(30-14-3-1-4-15-30,31-16-5-2-6-17-31)40-32-18-8-7-13-28(32)23-25-33(40)29-24-26-38-36(27-29)34-19-9-10-20-35(34)41-42-37-21-11-12-22-39(37)43(38)41/h1-27H. The topological polar surface area (TPSA) is 34.4 Å². The van der Waals surface area contributed by atoms with Gasteiger partial charge >= 0.3 is 0 Å². The van der Waals surface area contributed by atoms with Crippen LogP contribution in [0.2, 0.25) is 0 Å². The number of para-hydroxylation sites is 2. The average molecular weight is 595 g/mol. The van der Waals surface area contributed by atoms with E-state index in [1.165, 1.54) is 0 Å². The first-order valence-corrected chi connectivity index (χ1v) is 16.9. The van der Waals surface area contributed by atoms with E-state index in [2.05, 4.69) is 89.3 Å². The van der Waals surface area contributed by atoms with E-state index in [9.17, 15) is 0 Å². The summed E-state index contributed by atoms with van der Waals surface area (Å²) < 4.78 is 18.3. The minimum absolute atomic E-state index is 0.826. The van der Waals surface area contributed by atoms with Crippen molar-refractivity contribution in [3.63, 3.8) is 0 Å². The van der Waals surface area contributed by atoms with Crippen molar-refractivity contribution in [3.8, 4) is 11.1 Å². The maximum Gasteiger partial charge on any atom is 0.172 e. The maximum atomic E-state index is 16.0. The minimum Gasteiger partial charge on any atom is -0.309 e. The first-order valence-electron chi connectivity index (χ1n) is 15.2. The van der Waals surface area contributed by atoms with Gasteiger partial charge in [0.15, 0.2) is 7.14 Å². The van der Waals surface area contributed by atoms with Crippen molar-refractivity contribution in [2.75, 3.05) is 0 Å². The van der Waals surface area contributed by atoms with E-state index in [1.807, 2.05) is 78.9 Å². The van der Waals surface area contributed by atoms with E-state index in [-0.39, 0.29) is 0 Å². The van der Waals surface area contributed by atoms with Crippen LogP contribution in [-0.2, 0) is 4.57 Å². The molecule has 0 atom stereocenters. The van der Waals surface area contributed by atoms with Gasteiger partial charge in [0.05, 0.1) is 16.6 Å². The molecule has 9 aromatic rings. The van der Waals surface area contributed by atoms with Crippen LogP contribution in [0.15, 0.2) is 164 Å². The summed E-state index contributed by atoms with van der Waals surface area (Å²) in [6, 6.07) is 56.0. The summed E-state index contributed by atoms with van der Waals surface area (Å²) in [5.74, 6) is 0. The second-order valence-electron chi connectivity index (χ2n) is 11.5. The molecule has 3 nitrogen and oxygen atoms in total. The zero-order valence-electron chi connectivity index (χ0n) is 24.3. The third kappa shape index (κ3) is 3.84. The lowest BCUT2D eigenvalue weighted by Crippen LogP contribution is -2.27. The van der Waals surface area contributed by atoms with Crippen LogP contribution in [0.3, 0.4) is 0 Å². The van der Waals surface area contributed by atoms with Crippen LogP contribution in [0.5, 0.6) is 0 Å². The zero-order valence-corrected chi connectivity index (χ0v) is 25.2. The predicted octanol–water partition coefficient (Wildman–Crippen LogP) is 9.25. The van der Waals surface area contributed by atoms with Crippen LogP contribution >= 0.6 is 7.14 Å². The number of imidazole rings is 1. The van der Waals surface area contributed by atoms with E-state index in [0.29, 0.717) is 0 Å². The molecule has 0 saturated heterocycles. The molecule has 9 rings (SSSR count). The van der Waals surface area contributed by atoms with Gasteiger partial charge in [0.2, 0.25) is 0 Å². The van der Waals surface area contributed by atoms with Crippen LogP contribution in [0, 0.1) is 0 Å². The summed E-state index contributed by atoms with van der Waals surface area (Å²) in [5, 5.41) is 7.99. The lowest BCUT2D eigenvalue weighted by molar-refractivity contribution is 0.592. The number of rotatable bonds is 4.